The van der Waals surface area contributed by atoms with Crippen LogP contribution in [-0.4, -0.2) is 10.1 Å². The van der Waals surface area contributed by atoms with Crippen LogP contribution in [0.25, 0.3) is 0 Å². The number of nitrogens with zero attached hydrogens (tertiary/aromatic N) is 1. The average molecular weight is 179 g/mol. The molecule has 0 aliphatic rings. The van der Waals surface area contributed by atoms with Crippen LogP contribution in [0.1, 0.15) is 37.0 Å². The van der Waals surface area contributed by atoms with Crippen molar-refractivity contribution in [3.63, 3.8) is 0 Å². The molecule has 1 unspecified atom stereocenters. The minimum atomic E-state index is -0.747. The van der Waals surface area contributed by atoms with E-state index in [9.17, 15) is 5.11 Å². The first-order valence-corrected chi connectivity index (χ1v) is 4.63. The molecule has 0 saturated heterocycles. The molecule has 2 nitrogen and oxygen atoms in total. The quantitative estimate of drug-likeness (QED) is 0.755. The van der Waals surface area contributed by atoms with Gasteiger partial charge in [0.05, 0.1) is 5.60 Å². The minimum Gasteiger partial charge on any atom is -0.385 e. The topological polar surface area (TPSA) is 33.1 Å². The second-order valence-electron chi connectivity index (χ2n) is 3.76. The van der Waals surface area contributed by atoms with E-state index in [0.29, 0.717) is 6.42 Å². The van der Waals surface area contributed by atoms with Crippen molar-refractivity contribution >= 4 is 0 Å². The molecule has 0 aliphatic heterocycles. The van der Waals surface area contributed by atoms with Crippen LogP contribution in [0.3, 0.4) is 0 Å². The van der Waals surface area contributed by atoms with Crippen LogP contribution in [0.15, 0.2) is 12.4 Å². The predicted molar refractivity (Wildman–Crippen MR) is 53.6 cm³/mol. The number of pyridine rings is 1. The summed E-state index contributed by atoms with van der Waals surface area (Å²) in [6.45, 7) is 7.84. The molecule has 1 aromatic heterocycles. The van der Waals surface area contributed by atoms with Crippen molar-refractivity contribution in [2.75, 3.05) is 0 Å². The molecule has 0 amide bonds. The van der Waals surface area contributed by atoms with E-state index in [1.165, 1.54) is 0 Å². The van der Waals surface area contributed by atoms with E-state index < -0.39 is 5.60 Å². The summed E-state index contributed by atoms with van der Waals surface area (Å²) in [5.41, 5.74) is 2.46. The molecular weight excluding hydrogens is 162 g/mol. The fourth-order valence-corrected chi connectivity index (χ4v) is 1.36. The Bertz CT molecular complexity index is 305. The van der Waals surface area contributed by atoms with Crippen molar-refractivity contribution in [1.29, 1.82) is 0 Å². The highest BCUT2D eigenvalue weighted by atomic mass is 16.3. The normalized spacial score (nSPS) is 15.5. The van der Waals surface area contributed by atoms with Gasteiger partial charge in [-0.3, -0.25) is 4.98 Å². The molecule has 2 heteroatoms. The van der Waals surface area contributed by atoms with Gasteiger partial charge in [0.15, 0.2) is 0 Å². The first kappa shape index (κ1) is 10.2. The van der Waals surface area contributed by atoms with E-state index in [1.807, 2.05) is 33.9 Å². The van der Waals surface area contributed by atoms with Crippen molar-refractivity contribution < 1.29 is 5.11 Å². The lowest BCUT2D eigenvalue weighted by atomic mass is 9.90. The summed E-state index contributed by atoms with van der Waals surface area (Å²) in [6, 6.07) is 0. The Morgan fingerprint density at radius 2 is 2.00 bits per heavy atom. The zero-order valence-electron chi connectivity index (χ0n) is 8.76. The third-order valence-electron chi connectivity index (χ3n) is 2.74. The maximum Gasteiger partial charge on any atom is 0.0883 e. The molecule has 0 spiro atoms. The van der Waals surface area contributed by atoms with E-state index in [1.54, 1.807) is 6.20 Å². The van der Waals surface area contributed by atoms with Crippen molar-refractivity contribution in [2.45, 2.75) is 39.7 Å². The van der Waals surface area contributed by atoms with Gasteiger partial charge >= 0.3 is 0 Å². The van der Waals surface area contributed by atoms with Crippen molar-refractivity contribution in [2.24, 2.45) is 0 Å². The maximum atomic E-state index is 10.1. The van der Waals surface area contributed by atoms with Crippen molar-refractivity contribution in [3.05, 3.63) is 29.1 Å². The standard InChI is InChI=1S/C11H17NO/c1-5-11(4,13)10-7-12-6-8(2)9(10)3/h6-7,13H,5H2,1-4H3. The van der Waals surface area contributed by atoms with Gasteiger partial charge in [-0.25, -0.2) is 0 Å². The van der Waals surface area contributed by atoms with E-state index in [4.69, 9.17) is 0 Å². The SMILES string of the molecule is CCC(C)(O)c1cncc(C)c1C. The molecular formula is C11H17NO. The van der Waals surface area contributed by atoms with Gasteiger partial charge < -0.3 is 5.11 Å². The predicted octanol–water partition coefficient (Wildman–Crippen LogP) is 2.32. The molecule has 0 saturated carbocycles. The Morgan fingerprint density at radius 1 is 1.38 bits per heavy atom. The fourth-order valence-electron chi connectivity index (χ4n) is 1.36. The van der Waals surface area contributed by atoms with Gasteiger partial charge in [-0.05, 0) is 38.3 Å². The largest absolute Gasteiger partial charge is 0.385 e. The molecule has 0 aromatic carbocycles. The molecule has 72 valence electrons. The second-order valence-corrected chi connectivity index (χ2v) is 3.76. The van der Waals surface area contributed by atoms with E-state index in [2.05, 4.69) is 4.98 Å². The van der Waals surface area contributed by atoms with Crippen LogP contribution in [0, 0.1) is 13.8 Å². The lowest BCUT2D eigenvalue weighted by Gasteiger charge is -2.24. The first-order valence-electron chi connectivity index (χ1n) is 4.63. The summed E-state index contributed by atoms with van der Waals surface area (Å²) < 4.78 is 0. The van der Waals surface area contributed by atoms with Crippen LogP contribution in [0.2, 0.25) is 0 Å². The Hall–Kier alpha value is -0.890. The molecule has 1 N–H and O–H groups in total. The van der Waals surface area contributed by atoms with Crippen LogP contribution < -0.4 is 0 Å². The lowest BCUT2D eigenvalue weighted by molar-refractivity contribution is 0.0520. The maximum absolute atomic E-state index is 10.1. The smallest absolute Gasteiger partial charge is 0.0883 e. The highest BCUT2D eigenvalue weighted by molar-refractivity contribution is 5.33. The summed E-state index contributed by atoms with van der Waals surface area (Å²) in [4.78, 5) is 4.10. The van der Waals surface area contributed by atoms with E-state index in [0.717, 1.165) is 16.7 Å². The number of aryl methyl sites for hydroxylation is 1. The summed E-state index contributed by atoms with van der Waals surface area (Å²) in [7, 11) is 0. The third-order valence-corrected chi connectivity index (χ3v) is 2.74. The van der Waals surface area contributed by atoms with E-state index >= 15 is 0 Å². The van der Waals surface area contributed by atoms with Crippen molar-refractivity contribution in [3.8, 4) is 0 Å². The molecule has 0 radical (unpaired) electrons. The Balaban J connectivity index is 3.22. The molecule has 0 bridgehead atoms. The minimum absolute atomic E-state index is 0.707. The van der Waals surface area contributed by atoms with Crippen molar-refractivity contribution in [1.82, 2.24) is 4.98 Å². The molecule has 1 atom stereocenters. The van der Waals surface area contributed by atoms with Gasteiger partial charge in [-0.15, -0.1) is 0 Å². The lowest BCUT2D eigenvalue weighted by Crippen LogP contribution is -2.21. The molecule has 1 heterocycles. The summed E-state index contributed by atoms with van der Waals surface area (Å²) in [5.74, 6) is 0. The molecule has 0 aliphatic carbocycles. The summed E-state index contributed by atoms with van der Waals surface area (Å²) >= 11 is 0. The highest BCUT2D eigenvalue weighted by Gasteiger charge is 2.23. The Morgan fingerprint density at radius 3 is 2.54 bits per heavy atom. The molecule has 13 heavy (non-hydrogen) atoms. The van der Waals surface area contributed by atoms with Gasteiger partial charge in [0.2, 0.25) is 0 Å². The summed E-state index contributed by atoms with van der Waals surface area (Å²) in [6.07, 6.45) is 4.29. The van der Waals surface area contributed by atoms with Gasteiger partial charge in [0, 0.05) is 18.0 Å². The Kier molecular flexibility index (Phi) is 2.71. The average Bonchev–Trinajstić information content (AvgIpc) is 2.09. The fraction of sp³-hybridized carbons (Fsp3) is 0.545. The zero-order valence-corrected chi connectivity index (χ0v) is 8.76. The summed E-state index contributed by atoms with van der Waals surface area (Å²) in [5, 5.41) is 10.1. The third kappa shape index (κ3) is 1.89. The van der Waals surface area contributed by atoms with Gasteiger partial charge in [0.25, 0.3) is 0 Å². The Labute approximate surface area is 79.6 Å². The van der Waals surface area contributed by atoms with Crippen LogP contribution in [0.5, 0.6) is 0 Å². The number of hydrogen-bond donors (Lipinski definition) is 1. The van der Waals surface area contributed by atoms with Gasteiger partial charge in [-0.1, -0.05) is 6.92 Å². The van der Waals surface area contributed by atoms with Gasteiger partial charge in [0.1, 0.15) is 0 Å². The molecule has 0 fully saturated rings. The number of hydrogen-bond acceptors (Lipinski definition) is 2. The highest BCUT2D eigenvalue weighted by Crippen LogP contribution is 2.27. The second kappa shape index (κ2) is 3.46. The number of rotatable bonds is 2. The number of aromatic nitrogens is 1. The van der Waals surface area contributed by atoms with Crippen LogP contribution >= 0.6 is 0 Å². The van der Waals surface area contributed by atoms with Crippen LogP contribution in [-0.2, 0) is 5.60 Å². The van der Waals surface area contributed by atoms with E-state index in [-0.39, 0.29) is 0 Å². The first-order chi connectivity index (χ1) is 5.99. The van der Waals surface area contributed by atoms with Crippen LogP contribution in [0.4, 0.5) is 0 Å². The monoisotopic (exact) mass is 179 g/mol. The number of aliphatic hydroxyl groups is 1. The molecule has 1 rings (SSSR count). The van der Waals surface area contributed by atoms with Gasteiger partial charge in [-0.2, -0.15) is 0 Å². The zero-order chi connectivity index (χ0) is 10.1. The molecule has 1 aromatic rings.